The quantitative estimate of drug-likeness (QED) is 0.749. The highest BCUT2D eigenvalue weighted by Gasteiger charge is 2.33. The van der Waals surface area contributed by atoms with Crippen LogP contribution in [0.25, 0.3) is 11.3 Å². The van der Waals surface area contributed by atoms with E-state index in [1.54, 1.807) is 0 Å². The molecule has 3 heteroatoms. The van der Waals surface area contributed by atoms with Crippen LogP contribution in [0, 0.1) is 0 Å². The van der Waals surface area contributed by atoms with Crippen LogP contribution in [0.1, 0.15) is 25.0 Å². The molecule has 1 N–H and O–H groups in total. The third kappa shape index (κ3) is 1.42. The molecule has 3 nitrogen and oxygen atoms in total. The summed E-state index contributed by atoms with van der Waals surface area (Å²) in [4.78, 5) is 19.0. The summed E-state index contributed by atoms with van der Waals surface area (Å²) in [5, 5.41) is 0. The zero-order valence-electron chi connectivity index (χ0n) is 9.95. The summed E-state index contributed by atoms with van der Waals surface area (Å²) in [6.07, 6.45) is 2.37. The standard InChI is InChI=1S/C14H14N2O/c1-14(2)7-9-5-3-4-6-10(9)12-11(14)13(17)16-8-15-12/h3-6,8H,7H2,1-2H3,(H,15,16,17). The van der Waals surface area contributed by atoms with Crippen molar-refractivity contribution in [3.05, 3.63) is 52.1 Å². The van der Waals surface area contributed by atoms with Crippen molar-refractivity contribution in [3.63, 3.8) is 0 Å². The number of aromatic amines is 1. The lowest BCUT2D eigenvalue weighted by atomic mass is 9.72. The molecule has 0 bridgehead atoms. The Morgan fingerprint density at radius 1 is 1.29 bits per heavy atom. The Morgan fingerprint density at radius 3 is 2.88 bits per heavy atom. The summed E-state index contributed by atoms with van der Waals surface area (Å²) in [7, 11) is 0. The predicted molar refractivity (Wildman–Crippen MR) is 67.0 cm³/mol. The molecule has 0 aliphatic heterocycles. The molecule has 1 aromatic heterocycles. The Balaban J connectivity index is 2.41. The number of rotatable bonds is 0. The average Bonchev–Trinajstić information content (AvgIpc) is 2.28. The van der Waals surface area contributed by atoms with E-state index in [9.17, 15) is 4.79 Å². The fourth-order valence-electron chi connectivity index (χ4n) is 2.70. The maximum atomic E-state index is 12.0. The molecular weight excluding hydrogens is 212 g/mol. The van der Waals surface area contributed by atoms with E-state index in [2.05, 4.69) is 29.9 Å². The van der Waals surface area contributed by atoms with Crippen LogP contribution >= 0.6 is 0 Å². The van der Waals surface area contributed by atoms with E-state index < -0.39 is 0 Å². The molecule has 86 valence electrons. The average molecular weight is 226 g/mol. The third-order valence-electron chi connectivity index (χ3n) is 3.43. The van der Waals surface area contributed by atoms with Crippen LogP contribution in [0.5, 0.6) is 0 Å². The predicted octanol–water partition coefficient (Wildman–Crippen LogP) is 2.27. The molecule has 0 radical (unpaired) electrons. The monoisotopic (exact) mass is 226 g/mol. The second-order valence-electron chi connectivity index (χ2n) is 5.17. The topological polar surface area (TPSA) is 45.8 Å². The van der Waals surface area contributed by atoms with E-state index in [1.807, 2.05) is 18.2 Å². The Bertz CT molecular complexity index is 641. The Morgan fingerprint density at radius 2 is 2.06 bits per heavy atom. The number of aromatic nitrogens is 2. The number of nitrogens with one attached hydrogen (secondary N) is 1. The summed E-state index contributed by atoms with van der Waals surface area (Å²) < 4.78 is 0. The third-order valence-corrected chi connectivity index (χ3v) is 3.43. The lowest BCUT2D eigenvalue weighted by Crippen LogP contribution is -2.33. The van der Waals surface area contributed by atoms with Gasteiger partial charge in [-0.2, -0.15) is 0 Å². The molecule has 1 aliphatic rings. The number of fused-ring (bicyclic) bond motifs is 3. The minimum absolute atomic E-state index is 0.0190. The maximum Gasteiger partial charge on any atom is 0.255 e. The number of H-pyrrole nitrogens is 1. The van der Waals surface area contributed by atoms with Gasteiger partial charge in [0.25, 0.3) is 5.56 Å². The molecule has 0 spiro atoms. The van der Waals surface area contributed by atoms with Crippen LogP contribution in [-0.4, -0.2) is 9.97 Å². The van der Waals surface area contributed by atoms with Crippen molar-refractivity contribution in [2.75, 3.05) is 0 Å². The number of hydrogen-bond donors (Lipinski definition) is 1. The van der Waals surface area contributed by atoms with Gasteiger partial charge in [-0.1, -0.05) is 38.1 Å². The summed E-state index contributed by atoms with van der Waals surface area (Å²) in [6.45, 7) is 4.19. The summed E-state index contributed by atoms with van der Waals surface area (Å²) in [5.41, 5.74) is 3.82. The first-order chi connectivity index (χ1) is 8.09. The van der Waals surface area contributed by atoms with Gasteiger partial charge in [-0.05, 0) is 12.0 Å². The van der Waals surface area contributed by atoms with Crippen molar-refractivity contribution in [2.24, 2.45) is 0 Å². The molecule has 0 saturated carbocycles. The van der Waals surface area contributed by atoms with E-state index in [0.717, 1.165) is 23.2 Å². The van der Waals surface area contributed by atoms with Gasteiger partial charge in [0.15, 0.2) is 0 Å². The molecule has 17 heavy (non-hydrogen) atoms. The summed E-state index contributed by atoms with van der Waals surface area (Å²) >= 11 is 0. The van der Waals surface area contributed by atoms with Crippen LogP contribution in [0.2, 0.25) is 0 Å². The smallest absolute Gasteiger partial charge is 0.255 e. The molecule has 0 saturated heterocycles. The molecule has 0 atom stereocenters. The van der Waals surface area contributed by atoms with Crippen molar-refractivity contribution >= 4 is 0 Å². The molecule has 0 fully saturated rings. The lowest BCUT2D eigenvalue weighted by molar-refractivity contribution is 0.507. The van der Waals surface area contributed by atoms with E-state index in [0.29, 0.717) is 0 Å². The second kappa shape index (κ2) is 3.29. The van der Waals surface area contributed by atoms with Crippen molar-refractivity contribution in [2.45, 2.75) is 25.7 Å². The molecule has 0 amide bonds. The van der Waals surface area contributed by atoms with Crippen molar-refractivity contribution in [1.82, 2.24) is 9.97 Å². The van der Waals surface area contributed by atoms with E-state index >= 15 is 0 Å². The number of nitrogens with zero attached hydrogens (tertiary/aromatic N) is 1. The van der Waals surface area contributed by atoms with Crippen LogP contribution in [0.15, 0.2) is 35.4 Å². The maximum absolute atomic E-state index is 12.0. The Labute approximate surface area is 99.5 Å². The van der Waals surface area contributed by atoms with Gasteiger partial charge in [-0.3, -0.25) is 4.79 Å². The highest BCUT2D eigenvalue weighted by molar-refractivity contribution is 5.70. The molecule has 1 aliphatic carbocycles. The minimum atomic E-state index is -0.161. The van der Waals surface area contributed by atoms with Gasteiger partial charge < -0.3 is 4.98 Å². The van der Waals surface area contributed by atoms with E-state index in [4.69, 9.17) is 0 Å². The van der Waals surface area contributed by atoms with Gasteiger partial charge >= 0.3 is 0 Å². The van der Waals surface area contributed by atoms with Gasteiger partial charge in [-0.15, -0.1) is 0 Å². The van der Waals surface area contributed by atoms with Crippen LogP contribution in [0.3, 0.4) is 0 Å². The van der Waals surface area contributed by atoms with Gasteiger partial charge in [0.2, 0.25) is 0 Å². The van der Waals surface area contributed by atoms with Gasteiger partial charge in [0, 0.05) is 16.5 Å². The Kier molecular flexibility index (Phi) is 1.99. The number of benzene rings is 1. The molecule has 3 rings (SSSR count). The molecular formula is C14H14N2O. The largest absolute Gasteiger partial charge is 0.313 e. The van der Waals surface area contributed by atoms with Crippen LogP contribution < -0.4 is 5.56 Å². The zero-order valence-corrected chi connectivity index (χ0v) is 9.95. The van der Waals surface area contributed by atoms with E-state index in [1.165, 1.54) is 11.9 Å². The first-order valence-corrected chi connectivity index (χ1v) is 5.76. The van der Waals surface area contributed by atoms with Crippen molar-refractivity contribution in [3.8, 4) is 11.3 Å². The molecule has 2 aromatic rings. The van der Waals surface area contributed by atoms with Crippen molar-refractivity contribution < 1.29 is 0 Å². The summed E-state index contributed by atoms with van der Waals surface area (Å²) in [6, 6.07) is 8.18. The fraction of sp³-hybridized carbons (Fsp3) is 0.286. The lowest BCUT2D eigenvalue weighted by Gasteiger charge is -2.31. The Hall–Kier alpha value is -1.90. The van der Waals surface area contributed by atoms with Crippen molar-refractivity contribution in [1.29, 1.82) is 0 Å². The van der Waals surface area contributed by atoms with Gasteiger partial charge in [0.1, 0.15) is 0 Å². The first kappa shape index (κ1) is 10.3. The highest BCUT2D eigenvalue weighted by Crippen LogP contribution is 2.39. The normalized spacial score (nSPS) is 16.1. The molecule has 1 aromatic carbocycles. The fourth-order valence-corrected chi connectivity index (χ4v) is 2.70. The minimum Gasteiger partial charge on any atom is -0.313 e. The molecule has 1 heterocycles. The molecule has 0 unspecified atom stereocenters. The van der Waals surface area contributed by atoms with Crippen LogP contribution in [-0.2, 0) is 11.8 Å². The van der Waals surface area contributed by atoms with Crippen LogP contribution in [0.4, 0.5) is 0 Å². The first-order valence-electron chi connectivity index (χ1n) is 5.76. The second-order valence-corrected chi connectivity index (χ2v) is 5.17. The highest BCUT2D eigenvalue weighted by atomic mass is 16.1. The van der Waals surface area contributed by atoms with Gasteiger partial charge in [0.05, 0.1) is 12.0 Å². The van der Waals surface area contributed by atoms with Gasteiger partial charge in [-0.25, -0.2) is 4.98 Å². The number of hydrogen-bond acceptors (Lipinski definition) is 2. The zero-order chi connectivity index (χ0) is 12.0. The SMILES string of the molecule is CC1(C)Cc2ccccc2-c2nc[nH]c(=O)c21. The van der Waals surface area contributed by atoms with E-state index in [-0.39, 0.29) is 11.0 Å². The summed E-state index contributed by atoms with van der Waals surface area (Å²) in [5.74, 6) is 0.